The Balaban J connectivity index is 1.98. The van der Waals surface area contributed by atoms with E-state index in [9.17, 15) is 4.79 Å². The molecule has 0 fully saturated rings. The third kappa shape index (κ3) is 3.64. The molecular formula is C15H15BrN2O. The van der Waals surface area contributed by atoms with Crippen LogP contribution >= 0.6 is 15.9 Å². The van der Waals surface area contributed by atoms with E-state index < -0.39 is 0 Å². The minimum absolute atomic E-state index is 0.750. The monoisotopic (exact) mass is 318 g/mol. The number of benzene rings is 1. The van der Waals surface area contributed by atoms with Crippen LogP contribution < -0.4 is 5.32 Å². The highest BCUT2D eigenvalue weighted by Crippen LogP contribution is 2.16. The van der Waals surface area contributed by atoms with Gasteiger partial charge in [0.15, 0.2) is 0 Å². The molecule has 2 aromatic rings. The molecule has 0 aliphatic heterocycles. The molecule has 98 valence electrons. The third-order valence-corrected chi connectivity index (χ3v) is 3.35. The van der Waals surface area contributed by atoms with Gasteiger partial charge in [-0.05, 0) is 46.5 Å². The number of aryl methyl sites for hydroxylation is 1. The molecule has 0 saturated carbocycles. The molecule has 0 aliphatic carbocycles. The summed E-state index contributed by atoms with van der Waals surface area (Å²) in [5, 5.41) is 3.29. The first-order chi connectivity index (χ1) is 9.20. The molecule has 4 heteroatoms. The third-order valence-electron chi connectivity index (χ3n) is 2.91. The van der Waals surface area contributed by atoms with Crippen LogP contribution in [0, 0.1) is 6.92 Å². The lowest BCUT2D eigenvalue weighted by molar-refractivity contribution is 0.112. The molecule has 0 aliphatic rings. The van der Waals surface area contributed by atoms with Gasteiger partial charge in [0, 0.05) is 22.8 Å². The van der Waals surface area contributed by atoms with E-state index in [4.69, 9.17) is 0 Å². The second kappa shape index (κ2) is 6.48. The summed E-state index contributed by atoms with van der Waals surface area (Å²) in [5.74, 6) is 0.881. The minimum atomic E-state index is 0.750. The lowest BCUT2D eigenvalue weighted by Crippen LogP contribution is -2.08. The van der Waals surface area contributed by atoms with Crippen molar-refractivity contribution in [3.8, 4) is 0 Å². The maximum Gasteiger partial charge on any atom is 0.150 e. The molecule has 1 aromatic carbocycles. The molecular weight excluding hydrogens is 304 g/mol. The normalized spacial score (nSPS) is 10.2. The number of pyridine rings is 1. The van der Waals surface area contributed by atoms with Crippen molar-refractivity contribution in [3.63, 3.8) is 0 Å². The van der Waals surface area contributed by atoms with Crippen molar-refractivity contribution in [1.82, 2.24) is 4.98 Å². The summed E-state index contributed by atoms with van der Waals surface area (Å²) in [6.45, 7) is 2.76. The van der Waals surface area contributed by atoms with Crippen LogP contribution in [0.3, 0.4) is 0 Å². The lowest BCUT2D eigenvalue weighted by atomic mass is 10.1. The van der Waals surface area contributed by atoms with Gasteiger partial charge in [-0.15, -0.1) is 0 Å². The van der Waals surface area contributed by atoms with E-state index in [1.54, 1.807) is 6.20 Å². The fraction of sp³-hybridized carbons (Fsp3) is 0.200. The lowest BCUT2D eigenvalue weighted by Gasteiger charge is -2.09. The first-order valence-corrected chi connectivity index (χ1v) is 6.89. The average molecular weight is 319 g/mol. The van der Waals surface area contributed by atoms with Crippen LogP contribution in [0.1, 0.15) is 21.5 Å². The number of aldehydes is 1. The maximum absolute atomic E-state index is 10.9. The van der Waals surface area contributed by atoms with E-state index >= 15 is 0 Å². The number of nitrogens with one attached hydrogen (secondary N) is 1. The predicted octanol–water partition coefficient (Wildman–Crippen LogP) is 3.62. The fourth-order valence-electron chi connectivity index (χ4n) is 1.92. The van der Waals surface area contributed by atoms with Crippen LogP contribution in [0.25, 0.3) is 0 Å². The largest absolute Gasteiger partial charge is 0.370 e. The smallest absolute Gasteiger partial charge is 0.150 e. The van der Waals surface area contributed by atoms with Crippen molar-refractivity contribution in [2.24, 2.45) is 0 Å². The highest BCUT2D eigenvalue weighted by atomic mass is 79.9. The Morgan fingerprint density at radius 1 is 1.37 bits per heavy atom. The number of halogens is 1. The molecule has 0 saturated heterocycles. The van der Waals surface area contributed by atoms with Crippen LogP contribution in [-0.2, 0) is 6.42 Å². The van der Waals surface area contributed by atoms with Gasteiger partial charge in [0.05, 0.1) is 0 Å². The zero-order valence-electron chi connectivity index (χ0n) is 10.7. The van der Waals surface area contributed by atoms with Gasteiger partial charge >= 0.3 is 0 Å². The highest BCUT2D eigenvalue weighted by molar-refractivity contribution is 9.10. The molecule has 1 heterocycles. The zero-order chi connectivity index (χ0) is 13.7. The number of rotatable bonds is 5. The Kier molecular flexibility index (Phi) is 4.68. The summed E-state index contributed by atoms with van der Waals surface area (Å²) >= 11 is 3.39. The quantitative estimate of drug-likeness (QED) is 0.856. The second-order valence-corrected chi connectivity index (χ2v) is 5.23. The Morgan fingerprint density at radius 2 is 2.16 bits per heavy atom. The molecule has 0 spiro atoms. The minimum Gasteiger partial charge on any atom is -0.370 e. The number of hydrogen-bond acceptors (Lipinski definition) is 3. The van der Waals surface area contributed by atoms with Gasteiger partial charge in [-0.1, -0.05) is 24.3 Å². The van der Waals surface area contributed by atoms with Crippen molar-refractivity contribution in [2.45, 2.75) is 13.3 Å². The van der Waals surface area contributed by atoms with Gasteiger partial charge in [0.2, 0.25) is 0 Å². The van der Waals surface area contributed by atoms with Crippen molar-refractivity contribution < 1.29 is 4.79 Å². The molecule has 2 rings (SSSR count). The number of hydrogen-bond donors (Lipinski definition) is 1. The molecule has 1 aromatic heterocycles. The van der Waals surface area contributed by atoms with Crippen LogP contribution in [-0.4, -0.2) is 17.8 Å². The molecule has 3 nitrogen and oxygen atoms in total. The molecule has 19 heavy (non-hydrogen) atoms. The number of anilines is 1. The summed E-state index contributed by atoms with van der Waals surface area (Å²) in [6, 6.07) is 9.67. The SMILES string of the molecule is Cc1cc(Br)cnc1NCCc1ccccc1C=O. The first kappa shape index (κ1) is 13.7. The molecule has 0 atom stereocenters. The Labute approximate surface area is 121 Å². The Morgan fingerprint density at radius 3 is 2.89 bits per heavy atom. The highest BCUT2D eigenvalue weighted by Gasteiger charge is 2.02. The topological polar surface area (TPSA) is 42.0 Å². The first-order valence-electron chi connectivity index (χ1n) is 6.10. The summed E-state index contributed by atoms with van der Waals surface area (Å²) < 4.78 is 0.974. The average Bonchev–Trinajstić information content (AvgIpc) is 2.42. The number of aromatic nitrogens is 1. The van der Waals surface area contributed by atoms with E-state index in [0.717, 1.165) is 46.2 Å². The molecule has 0 unspecified atom stereocenters. The van der Waals surface area contributed by atoms with Crippen LogP contribution in [0.15, 0.2) is 41.0 Å². The molecule has 0 bridgehead atoms. The number of carbonyl (C=O) groups is 1. The maximum atomic E-state index is 10.9. The van der Waals surface area contributed by atoms with Crippen molar-refractivity contribution in [1.29, 1.82) is 0 Å². The van der Waals surface area contributed by atoms with Gasteiger partial charge in [-0.25, -0.2) is 4.98 Å². The van der Waals surface area contributed by atoms with Crippen molar-refractivity contribution in [2.75, 3.05) is 11.9 Å². The van der Waals surface area contributed by atoms with E-state index in [2.05, 4.69) is 26.2 Å². The van der Waals surface area contributed by atoms with Crippen LogP contribution in [0.5, 0.6) is 0 Å². The van der Waals surface area contributed by atoms with Crippen molar-refractivity contribution >= 4 is 28.0 Å². The Bertz CT molecular complexity index is 584. The number of nitrogens with zero attached hydrogens (tertiary/aromatic N) is 1. The predicted molar refractivity (Wildman–Crippen MR) is 80.7 cm³/mol. The van der Waals surface area contributed by atoms with Crippen LogP contribution in [0.4, 0.5) is 5.82 Å². The van der Waals surface area contributed by atoms with E-state index in [0.29, 0.717) is 0 Å². The molecule has 1 N–H and O–H groups in total. The Hall–Kier alpha value is -1.68. The summed E-state index contributed by atoms with van der Waals surface area (Å²) in [6.07, 6.45) is 3.47. The van der Waals surface area contributed by atoms with Gasteiger partial charge in [0.1, 0.15) is 12.1 Å². The molecule has 0 radical (unpaired) electrons. The number of carbonyl (C=O) groups excluding carboxylic acids is 1. The van der Waals surface area contributed by atoms with Crippen molar-refractivity contribution in [3.05, 3.63) is 57.7 Å². The van der Waals surface area contributed by atoms with Gasteiger partial charge in [-0.2, -0.15) is 0 Å². The van der Waals surface area contributed by atoms with E-state index in [-0.39, 0.29) is 0 Å². The van der Waals surface area contributed by atoms with Gasteiger partial charge in [-0.3, -0.25) is 4.79 Å². The fourth-order valence-corrected chi connectivity index (χ4v) is 2.36. The summed E-state index contributed by atoms with van der Waals surface area (Å²) in [4.78, 5) is 15.2. The molecule has 0 amide bonds. The van der Waals surface area contributed by atoms with Gasteiger partial charge in [0.25, 0.3) is 0 Å². The standard InChI is InChI=1S/C15H15BrN2O/c1-11-8-14(16)9-18-15(11)17-7-6-12-4-2-3-5-13(12)10-19/h2-5,8-10H,6-7H2,1H3,(H,17,18). The summed E-state index contributed by atoms with van der Waals surface area (Å²) in [5.41, 5.74) is 2.91. The van der Waals surface area contributed by atoms with Crippen LogP contribution in [0.2, 0.25) is 0 Å². The van der Waals surface area contributed by atoms with E-state index in [1.807, 2.05) is 37.3 Å². The summed E-state index contributed by atoms with van der Waals surface area (Å²) in [7, 11) is 0. The van der Waals surface area contributed by atoms with Gasteiger partial charge < -0.3 is 5.32 Å². The second-order valence-electron chi connectivity index (χ2n) is 4.31. The van der Waals surface area contributed by atoms with E-state index in [1.165, 1.54) is 0 Å². The zero-order valence-corrected chi connectivity index (χ0v) is 12.3.